The maximum absolute atomic E-state index is 11.6. The van der Waals surface area contributed by atoms with Gasteiger partial charge < -0.3 is 4.74 Å². The van der Waals surface area contributed by atoms with E-state index in [0.717, 1.165) is 16.2 Å². The van der Waals surface area contributed by atoms with Gasteiger partial charge in [0.2, 0.25) is 0 Å². The lowest BCUT2D eigenvalue weighted by Crippen LogP contribution is -2.19. The largest absolute Gasteiger partial charge is 0.493 e. The summed E-state index contributed by atoms with van der Waals surface area (Å²) in [5.74, 6) is 1.09. The van der Waals surface area contributed by atoms with Gasteiger partial charge in [-0.1, -0.05) is 26.0 Å². The summed E-state index contributed by atoms with van der Waals surface area (Å²) in [6, 6.07) is 7.58. The molecule has 0 unspecified atom stereocenters. The Kier molecular flexibility index (Phi) is 5.19. The van der Waals surface area contributed by atoms with Gasteiger partial charge in [0, 0.05) is 11.1 Å². The lowest BCUT2D eigenvalue weighted by molar-refractivity contribution is -0.111. The molecule has 0 aromatic heterocycles. The summed E-state index contributed by atoms with van der Waals surface area (Å²) in [7, 11) is 0. The van der Waals surface area contributed by atoms with Crippen LogP contribution in [0.15, 0.2) is 70.4 Å². The van der Waals surface area contributed by atoms with Gasteiger partial charge in [-0.25, -0.2) is 10.1 Å². The van der Waals surface area contributed by atoms with Gasteiger partial charge in [-0.15, -0.1) is 0 Å². The van der Waals surface area contributed by atoms with E-state index in [0.29, 0.717) is 35.2 Å². The van der Waals surface area contributed by atoms with E-state index in [-0.39, 0.29) is 5.78 Å². The van der Waals surface area contributed by atoms with Crippen molar-refractivity contribution < 1.29 is 14.7 Å². The molecule has 0 spiro atoms. The van der Waals surface area contributed by atoms with Crippen molar-refractivity contribution in [2.45, 2.75) is 20.8 Å². The molecule has 1 aromatic rings. The zero-order chi connectivity index (χ0) is 18.7. The number of hydrogen-bond donors (Lipinski definition) is 1. The molecule has 0 radical (unpaired) electrons. The van der Waals surface area contributed by atoms with Crippen LogP contribution in [0.1, 0.15) is 26.3 Å². The summed E-state index contributed by atoms with van der Waals surface area (Å²) < 4.78 is 5.90. The number of hydrogen-bond acceptors (Lipinski definition) is 5. The van der Waals surface area contributed by atoms with Crippen molar-refractivity contribution in [1.82, 2.24) is 5.06 Å². The number of ketones is 1. The van der Waals surface area contributed by atoms with Gasteiger partial charge >= 0.3 is 0 Å². The van der Waals surface area contributed by atoms with Crippen LogP contribution in [0.5, 0.6) is 5.75 Å². The first-order valence-electron chi connectivity index (χ1n) is 8.57. The number of allylic oxidation sites excluding steroid dienone is 6. The highest BCUT2D eigenvalue weighted by Crippen LogP contribution is 2.32. The van der Waals surface area contributed by atoms with Gasteiger partial charge in [0.25, 0.3) is 0 Å². The van der Waals surface area contributed by atoms with Crippen molar-refractivity contribution in [3.8, 4) is 5.75 Å². The van der Waals surface area contributed by atoms with Gasteiger partial charge in [-0.2, -0.15) is 0 Å². The van der Waals surface area contributed by atoms with E-state index in [1.165, 1.54) is 12.4 Å². The van der Waals surface area contributed by atoms with Gasteiger partial charge in [0.1, 0.15) is 12.1 Å². The third-order valence-corrected chi connectivity index (χ3v) is 4.03. The first-order chi connectivity index (χ1) is 12.5. The Hall–Kier alpha value is -2.92. The summed E-state index contributed by atoms with van der Waals surface area (Å²) in [6.07, 6.45) is 8.22. The Morgan fingerprint density at radius 3 is 2.69 bits per heavy atom. The van der Waals surface area contributed by atoms with E-state index in [1.807, 2.05) is 24.3 Å². The molecule has 0 amide bonds. The zero-order valence-electron chi connectivity index (χ0n) is 15.1. The van der Waals surface area contributed by atoms with Gasteiger partial charge in [0.05, 0.1) is 18.0 Å². The Morgan fingerprint density at radius 1 is 1.19 bits per heavy atom. The number of benzene rings is 1. The number of carbonyl (C=O) groups is 1. The molecule has 1 aromatic carbocycles. The summed E-state index contributed by atoms with van der Waals surface area (Å²) in [5, 5.41) is 11.3. The van der Waals surface area contributed by atoms with Crippen LogP contribution in [0.3, 0.4) is 0 Å². The van der Waals surface area contributed by atoms with Crippen LogP contribution >= 0.6 is 0 Å². The van der Waals surface area contributed by atoms with Crippen molar-refractivity contribution in [2.24, 2.45) is 10.9 Å². The monoisotopic (exact) mass is 350 g/mol. The zero-order valence-corrected chi connectivity index (χ0v) is 15.1. The first-order valence-corrected chi connectivity index (χ1v) is 8.57. The standard InChI is InChI=1S/C21H22N2O3/c1-14(2)12-26-21-7-5-4-6-17(21)19-11-18(22-13-23(19)25)16-8-9-20(24)15(3)10-16/h4-11,13-14,25H,12H2,1-3H3. The molecule has 5 heteroatoms. The molecule has 1 aliphatic heterocycles. The van der Waals surface area contributed by atoms with Crippen molar-refractivity contribution >= 4 is 17.8 Å². The minimum atomic E-state index is -0.00504. The lowest BCUT2D eigenvalue weighted by atomic mass is 9.99. The number of rotatable bonds is 4. The molecule has 26 heavy (non-hydrogen) atoms. The van der Waals surface area contributed by atoms with Crippen LogP contribution in [-0.2, 0) is 4.79 Å². The Bertz CT molecular complexity index is 873. The predicted molar refractivity (Wildman–Crippen MR) is 102 cm³/mol. The molecule has 2 aliphatic rings. The van der Waals surface area contributed by atoms with E-state index in [2.05, 4.69) is 18.8 Å². The van der Waals surface area contributed by atoms with Crippen LogP contribution in [0.2, 0.25) is 0 Å². The molecule has 0 fully saturated rings. The number of ether oxygens (including phenoxy) is 1. The second kappa shape index (κ2) is 7.54. The van der Waals surface area contributed by atoms with Crippen LogP contribution in [0, 0.1) is 5.92 Å². The Labute approximate surface area is 153 Å². The normalized spacial score (nSPS) is 19.7. The van der Waals surface area contributed by atoms with Gasteiger partial charge in [-0.05, 0) is 54.9 Å². The van der Waals surface area contributed by atoms with Crippen LogP contribution in [0.25, 0.3) is 5.70 Å². The average molecular weight is 350 g/mol. The van der Waals surface area contributed by atoms with Gasteiger partial charge in [0.15, 0.2) is 5.78 Å². The molecular weight excluding hydrogens is 328 g/mol. The highest BCUT2D eigenvalue weighted by molar-refractivity contribution is 6.05. The van der Waals surface area contributed by atoms with Gasteiger partial charge in [-0.3, -0.25) is 10.0 Å². The van der Waals surface area contributed by atoms with Crippen molar-refractivity contribution in [1.29, 1.82) is 0 Å². The molecule has 0 atom stereocenters. The SMILES string of the molecule is CC1=CC(=C2C=C(c3ccccc3OCC(C)C)N(O)C=N2)C=CC1=O. The highest BCUT2D eigenvalue weighted by Gasteiger charge is 2.19. The fourth-order valence-corrected chi connectivity index (χ4v) is 2.64. The second-order valence-corrected chi connectivity index (χ2v) is 6.69. The molecule has 134 valence electrons. The van der Waals surface area contributed by atoms with Crippen molar-refractivity contribution in [3.05, 3.63) is 71.0 Å². The maximum atomic E-state index is 11.6. The summed E-state index contributed by atoms with van der Waals surface area (Å²) >= 11 is 0. The quantitative estimate of drug-likeness (QED) is 0.887. The summed E-state index contributed by atoms with van der Waals surface area (Å²) in [4.78, 5) is 15.9. The van der Waals surface area contributed by atoms with Crippen LogP contribution in [0.4, 0.5) is 0 Å². The fourth-order valence-electron chi connectivity index (χ4n) is 2.64. The third-order valence-electron chi connectivity index (χ3n) is 4.03. The predicted octanol–water partition coefficient (Wildman–Crippen LogP) is 4.13. The molecule has 0 saturated carbocycles. The molecule has 5 nitrogen and oxygen atoms in total. The summed E-state index contributed by atoms with van der Waals surface area (Å²) in [5.41, 5.74) is 3.50. The summed E-state index contributed by atoms with van der Waals surface area (Å²) in [6.45, 7) is 6.53. The van der Waals surface area contributed by atoms with E-state index >= 15 is 0 Å². The topological polar surface area (TPSA) is 62.1 Å². The smallest absolute Gasteiger partial charge is 0.181 e. The van der Waals surface area contributed by atoms with E-state index in [4.69, 9.17) is 4.74 Å². The number of carbonyl (C=O) groups excluding carboxylic acids is 1. The van der Waals surface area contributed by atoms with Crippen molar-refractivity contribution in [2.75, 3.05) is 6.61 Å². The Morgan fingerprint density at radius 2 is 1.96 bits per heavy atom. The number of para-hydroxylation sites is 1. The Balaban J connectivity index is 2.01. The average Bonchev–Trinajstić information content (AvgIpc) is 2.63. The highest BCUT2D eigenvalue weighted by atomic mass is 16.5. The molecule has 3 rings (SSSR count). The number of hydroxylamine groups is 2. The number of aliphatic imine (C=N–C) groups is 1. The minimum absolute atomic E-state index is 0.00504. The molecule has 1 N–H and O–H groups in total. The number of nitrogens with zero attached hydrogens (tertiary/aromatic N) is 2. The second-order valence-electron chi connectivity index (χ2n) is 6.69. The van der Waals surface area contributed by atoms with E-state index in [9.17, 15) is 10.0 Å². The molecule has 1 heterocycles. The van der Waals surface area contributed by atoms with Crippen LogP contribution in [-0.4, -0.2) is 29.0 Å². The van der Waals surface area contributed by atoms with E-state index in [1.54, 1.807) is 25.2 Å². The first kappa shape index (κ1) is 17.9. The fraction of sp³-hybridized carbons (Fsp3) is 0.238. The minimum Gasteiger partial charge on any atom is -0.493 e. The van der Waals surface area contributed by atoms with Crippen LogP contribution < -0.4 is 4.74 Å². The third kappa shape index (κ3) is 3.83. The molecule has 0 saturated heterocycles. The van der Waals surface area contributed by atoms with E-state index < -0.39 is 0 Å². The maximum Gasteiger partial charge on any atom is 0.181 e. The van der Waals surface area contributed by atoms with Crippen molar-refractivity contribution in [3.63, 3.8) is 0 Å². The molecular formula is C21H22N2O3. The lowest BCUT2D eigenvalue weighted by Gasteiger charge is -2.23. The molecule has 0 bridgehead atoms. The molecule has 1 aliphatic carbocycles.